The van der Waals surface area contributed by atoms with Gasteiger partial charge in [-0.25, -0.2) is 8.42 Å². The fourth-order valence-corrected chi connectivity index (χ4v) is 4.50. The fraction of sp³-hybridized carbons (Fsp3) is 0.312. The van der Waals surface area contributed by atoms with E-state index in [4.69, 9.17) is 0 Å². The number of rotatable bonds is 5. The highest BCUT2D eigenvalue weighted by molar-refractivity contribution is 7.91. The molecule has 0 atom stereocenters. The van der Waals surface area contributed by atoms with Crippen LogP contribution in [0.15, 0.2) is 39.9 Å². The SMILES string of the molecule is Cc1cccc(N(C)C(=O)CN(C)S(=O)(=O)c2cccs2)c1C. The van der Waals surface area contributed by atoms with Crippen molar-refractivity contribution in [1.29, 1.82) is 0 Å². The van der Waals surface area contributed by atoms with Crippen LogP contribution in [0, 0.1) is 13.8 Å². The number of anilines is 1. The highest BCUT2D eigenvalue weighted by Gasteiger charge is 2.25. The number of sulfonamides is 1. The average molecular weight is 352 g/mol. The van der Waals surface area contributed by atoms with Gasteiger partial charge in [0, 0.05) is 19.8 Å². The summed E-state index contributed by atoms with van der Waals surface area (Å²) in [7, 11) is -0.537. The second-order valence-electron chi connectivity index (χ2n) is 5.36. The van der Waals surface area contributed by atoms with Crippen molar-refractivity contribution in [3.05, 3.63) is 46.8 Å². The number of hydrogen-bond acceptors (Lipinski definition) is 4. The number of benzene rings is 1. The van der Waals surface area contributed by atoms with Gasteiger partial charge < -0.3 is 4.90 Å². The Labute approximate surface area is 141 Å². The molecule has 23 heavy (non-hydrogen) atoms. The molecule has 0 bridgehead atoms. The number of thiophene rings is 1. The summed E-state index contributed by atoms with van der Waals surface area (Å²) in [6.45, 7) is 3.72. The van der Waals surface area contributed by atoms with E-state index in [-0.39, 0.29) is 16.7 Å². The fourth-order valence-electron chi connectivity index (χ4n) is 2.18. The van der Waals surface area contributed by atoms with Crippen LogP contribution in [0.4, 0.5) is 5.69 Å². The van der Waals surface area contributed by atoms with Gasteiger partial charge in [-0.2, -0.15) is 4.31 Å². The van der Waals surface area contributed by atoms with Crippen LogP contribution in [0.2, 0.25) is 0 Å². The quantitative estimate of drug-likeness (QED) is 0.831. The molecule has 2 rings (SSSR count). The summed E-state index contributed by atoms with van der Waals surface area (Å²) in [5.74, 6) is -0.277. The predicted molar refractivity (Wildman–Crippen MR) is 93.5 cm³/mol. The minimum Gasteiger partial charge on any atom is -0.314 e. The zero-order valence-corrected chi connectivity index (χ0v) is 15.2. The van der Waals surface area contributed by atoms with Crippen LogP contribution in [0.25, 0.3) is 0 Å². The van der Waals surface area contributed by atoms with E-state index < -0.39 is 10.0 Å². The third-order valence-corrected chi connectivity index (χ3v) is 7.01. The maximum absolute atomic E-state index is 12.5. The van der Waals surface area contributed by atoms with E-state index in [2.05, 4.69) is 0 Å². The highest BCUT2D eigenvalue weighted by Crippen LogP contribution is 2.23. The Kier molecular flexibility index (Phi) is 5.23. The summed E-state index contributed by atoms with van der Waals surface area (Å²) in [5.41, 5.74) is 2.88. The molecule has 0 fully saturated rings. The Morgan fingerprint density at radius 1 is 1.13 bits per heavy atom. The molecule has 7 heteroatoms. The lowest BCUT2D eigenvalue weighted by atomic mass is 10.1. The molecule has 1 heterocycles. The van der Waals surface area contributed by atoms with Crippen molar-refractivity contribution < 1.29 is 13.2 Å². The second-order valence-corrected chi connectivity index (χ2v) is 8.58. The van der Waals surface area contributed by atoms with Gasteiger partial charge in [-0.1, -0.05) is 18.2 Å². The number of likely N-dealkylation sites (N-methyl/N-ethyl adjacent to an activating group) is 2. The summed E-state index contributed by atoms with van der Waals surface area (Å²) >= 11 is 1.14. The second kappa shape index (κ2) is 6.82. The number of amides is 1. The molecule has 5 nitrogen and oxygen atoms in total. The van der Waals surface area contributed by atoms with E-state index in [9.17, 15) is 13.2 Å². The van der Waals surface area contributed by atoms with Gasteiger partial charge in [-0.15, -0.1) is 11.3 Å². The third-order valence-electron chi connectivity index (χ3n) is 3.83. The molecule has 124 valence electrons. The standard InChI is InChI=1S/C16H20N2O3S2/c1-12-7-5-8-14(13(12)2)18(4)15(19)11-17(3)23(20,21)16-9-6-10-22-16/h5-10H,11H2,1-4H3. The van der Waals surface area contributed by atoms with E-state index >= 15 is 0 Å². The van der Waals surface area contributed by atoms with Gasteiger partial charge in [0.2, 0.25) is 5.91 Å². The molecule has 0 saturated carbocycles. The molecular formula is C16H20N2O3S2. The zero-order valence-electron chi connectivity index (χ0n) is 13.6. The van der Waals surface area contributed by atoms with Crippen LogP contribution in [-0.4, -0.2) is 39.3 Å². The smallest absolute Gasteiger partial charge is 0.252 e. The zero-order chi connectivity index (χ0) is 17.2. The molecule has 0 aliphatic carbocycles. The van der Waals surface area contributed by atoms with Crippen molar-refractivity contribution in [3.63, 3.8) is 0 Å². The van der Waals surface area contributed by atoms with Crippen LogP contribution in [0.3, 0.4) is 0 Å². The molecule has 1 aromatic carbocycles. The van der Waals surface area contributed by atoms with Crippen molar-refractivity contribution >= 4 is 33.0 Å². The molecule has 2 aromatic rings. The largest absolute Gasteiger partial charge is 0.314 e. The van der Waals surface area contributed by atoms with E-state index in [0.29, 0.717) is 0 Å². The molecule has 0 saturated heterocycles. The van der Waals surface area contributed by atoms with Crippen molar-refractivity contribution in [3.8, 4) is 0 Å². The van der Waals surface area contributed by atoms with E-state index in [0.717, 1.165) is 32.5 Å². The Morgan fingerprint density at radius 3 is 2.43 bits per heavy atom. The van der Waals surface area contributed by atoms with Crippen LogP contribution < -0.4 is 4.90 Å². The Bertz CT molecular complexity index is 799. The van der Waals surface area contributed by atoms with Crippen LogP contribution in [0.1, 0.15) is 11.1 Å². The van der Waals surface area contributed by atoms with Gasteiger partial charge in [-0.05, 0) is 42.5 Å². The Morgan fingerprint density at radius 2 is 1.83 bits per heavy atom. The summed E-state index contributed by atoms with van der Waals surface area (Å²) < 4.78 is 26.1. The van der Waals surface area contributed by atoms with E-state index in [1.807, 2.05) is 32.0 Å². The van der Waals surface area contributed by atoms with Gasteiger partial charge in [0.15, 0.2) is 0 Å². The van der Waals surface area contributed by atoms with E-state index in [1.165, 1.54) is 18.0 Å². The monoisotopic (exact) mass is 352 g/mol. The van der Waals surface area contributed by atoms with Gasteiger partial charge in [0.05, 0.1) is 6.54 Å². The number of aryl methyl sites for hydroxylation is 1. The van der Waals surface area contributed by atoms with Gasteiger partial charge in [0.25, 0.3) is 10.0 Å². The summed E-state index contributed by atoms with van der Waals surface area (Å²) in [6.07, 6.45) is 0. The number of carbonyl (C=O) groups excluding carboxylic acids is 1. The summed E-state index contributed by atoms with van der Waals surface area (Å²) in [4.78, 5) is 14.0. The van der Waals surface area contributed by atoms with Crippen molar-refractivity contribution in [2.75, 3.05) is 25.5 Å². The van der Waals surface area contributed by atoms with Crippen LogP contribution in [-0.2, 0) is 14.8 Å². The summed E-state index contributed by atoms with van der Waals surface area (Å²) in [5, 5.41) is 1.70. The maximum Gasteiger partial charge on any atom is 0.252 e. The lowest BCUT2D eigenvalue weighted by Gasteiger charge is -2.23. The lowest BCUT2D eigenvalue weighted by Crippen LogP contribution is -2.39. The van der Waals surface area contributed by atoms with Gasteiger partial charge >= 0.3 is 0 Å². The first-order chi connectivity index (χ1) is 10.7. The first-order valence-corrected chi connectivity index (χ1v) is 9.39. The molecule has 0 spiro atoms. The first kappa shape index (κ1) is 17.7. The van der Waals surface area contributed by atoms with E-state index in [1.54, 1.807) is 18.5 Å². The van der Waals surface area contributed by atoms with Gasteiger partial charge in [0.1, 0.15) is 4.21 Å². The Balaban J connectivity index is 2.17. The first-order valence-electron chi connectivity index (χ1n) is 7.07. The minimum absolute atomic E-state index is 0.204. The maximum atomic E-state index is 12.5. The van der Waals surface area contributed by atoms with Crippen molar-refractivity contribution in [1.82, 2.24) is 4.31 Å². The van der Waals surface area contributed by atoms with Crippen molar-refractivity contribution in [2.45, 2.75) is 18.1 Å². The van der Waals surface area contributed by atoms with Crippen LogP contribution in [0.5, 0.6) is 0 Å². The number of nitrogens with zero attached hydrogens (tertiary/aromatic N) is 2. The number of carbonyl (C=O) groups is 1. The highest BCUT2D eigenvalue weighted by atomic mass is 32.2. The topological polar surface area (TPSA) is 57.7 Å². The molecule has 0 N–H and O–H groups in total. The third kappa shape index (κ3) is 3.63. The lowest BCUT2D eigenvalue weighted by molar-refractivity contribution is -0.118. The average Bonchev–Trinajstić information content (AvgIpc) is 3.04. The molecule has 1 aromatic heterocycles. The van der Waals surface area contributed by atoms with Crippen LogP contribution >= 0.6 is 11.3 Å². The molecule has 0 unspecified atom stereocenters. The van der Waals surface area contributed by atoms with Crippen molar-refractivity contribution in [2.24, 2.45) is 0 Å². The molecule has 0 radical (unpaired) electrons. The number of hydrogen-bond donors (Lipinski definition) is 0. The summed E-state index contributed by atoms with van der Waals surface area (Å²) in [6, 6.07) is 8.93. The molecule has 1 amide bonds. The molecule has 0 aliphatic heterocycles. The molecular weight excluding hydrogens is 332 g/mol. The Hall–Kier alpha value is -1.70. The predicted octanol–water partition coefficient (Wildman–Crippen LogP) is 2.65. The van der Waals surface area contributed by atoms with Gasteiger partial charge in [-0.3, -0.25) is 4.79 Å². The normalized spacial score (nSPS) is 11.7. The minimum atomic E-state index is -3.62. The molecule has 0 aliphatic rings.